The molecule has 0 saturated carbocycles. The van der Waals surface area contributed by atoms with E-state index in [2.05, 4.69) is 5.32 Å². The zero-order valence-corrected chi connectivity index (χ0v) is 9.60. The molecule has 6 nitrogen and oxygen atoms in total. The number of carbonyl (C=O) groups excluding carboxylic acids is 1. The highest BCUT2D eigenvalue weighted by Crippen LogP contribution is 2.13. The van der Waals surface area contributed by atoms with Crippen LogP contribution in [0.2, 0.25) is 0 Å². The largest absolute Gasteiger partial charge is 0.481 e. The predicted octanol–water partition coefficient (Wildman–Crippen LogP) is -0.846. The summed E-state index contributed by atoms with van der Waals surface area (Å²) in [5.41, 5.74) is 0. The Morgan fingerprint density at radius 2 is 2.12 bits per heavy atom. The van der Waals surface area contributed by atoms with Crippen LogP contribution in [0.5, 0.6) is 0 Å². The zero-order chi connectivity index (χ0) is 12.1. The highest BCUT2D eigenvalue weighted by atomic mass is 16.5. The van der Waals surface area contributed by atoms with Gasteiger partial charge in [-0.05, 0) is 14.1 Å². The predicted molar refractivity (Wildman–Crippen MR) is 57.0 cm³/mol. The number of carboxylic acid groups (broad SMARTS) is 1. The molecule has 1 heterocycles. The molecule has 1 aliphatic heterocycles. The van der Waals surface area contributed by atoms with E-state index in [1.165, 1.54) is 0 Å². The lowest BCUT2D eigenvalue weighted by Crippen LogP contribution is -2.43. The van der Waals surface area contributed by atoms with E-state index in [-0.39, 0.29) is 19.1 Å². The quantitative estimate of drug-likeness (QED) is 0.643. The summed E-state index contributed by atoms with van der Waals surface area (Å²) in [6, 6.07) is -0.396. The van der Waals surface area contributed by atoms with Crippen molar-refractivity contribution in [2.75, 3.05) is 33.9 Å². The molecule has 1 rings (SSSR count). The molecular weight excluding hydrogens is 212 g/mol. The van der Waals surface area contributed by atoms with Crippen LogP contribution in [0.4, 0.5) is 0 Å². The van der Waals surface area contributed by atoms with Gasteiger partial charge < -0.3 is 20.1 Å². The normalized spacial score (nSPS) is 24.7. The molecule has 2 atom stereocenters. The van der Waals surface area contributed by atoms with Gasteiger partial charge in [0, 0.05) is 13.0 Å². The number of rotatable bonds is 5. The van der Waals surface area contributed by atoms with Crippen molar-refractivity contribution in [2.45, 2.75) is 12.5 Å². The number of ether oxygens (including phenoxy) is 1. The molecule has 1 aliphatic rings. The molecule has 0 aliphatic carbocycles. The van der Waals surface area contributed by atoms with Crippen LogP contribution >= 0.6 is 0 Å². The van der Waals surface area contributed by atoms with Gasteiger partial charge in [-0.15, -0.1) is 0 Å². The maximum absolute atomic E-state index is 11.5. The summed E-state index contributed by atoms with van der Waals surface area (Å²) in [6.07, 6.45) is 0.371. The molecule has 2 N–H and O–H groups in total. The second kappa shape index (κ2) is 5.81. The lowest BCUT2D eigenvalue weighted by Gasteiger charge is -2.16. The number of carbonyl (C=O) groups is 2. The van der Waals surface area contributed by atoms with E-state index < -0.39 is 17.9 Å². The van der Waals surface area contributed by atoms with Crippen molar-refractivity contribution in [2.24, 2.45) is 5.92 Å². The first-order valence-corrected chi connectivity index (χ1v) is 5.25. The summed E-state index contributed by atoms with van der Waals surface area (Å²) >= 11 is 0. The van der Waals surface area contributed by atoms with E-state index in [0.717, 1.165) is 0 Å². The Bertz CT molecular complexity index is 268. The molecule has 0 radical (unpaired) electrons. The second-order valence-electron chi connectivity index (χ2n) is 4.21. The summed E-state index contributed by atoms with van der Waals surface area (Å²) in [4.78, 5) is 24.2. The van der Waals surface area contributed by atoms with E-state index in [1.807, 2.05) is 19.0 Å². The van der Waals surface area contributed by atoms with Gasteiger partial charge in [0.2, 0.25) is 5.91 Å². The van der Waals surface area contributed by atoms with Crippen molar-refractivity contribution >= 4 is 11.9 Å². The Kier molecular flexibility index (Phi) is 4.70. The standard InChI is InChI=1S/C10H18N2O4/c1-12(2)4-3-9(13)11-8-6-16-5-7(8)10(14)15/h7-8H,3-6H2,1-2H3,(H,11,13)(H,14,15). The molecular formula is C10H18N2O4. The lowest BCUT2D eigenvalue weighted by atomic mass is 10.0. The summed E-state index contributed by atoms with van der Waals surface area (Å²) in [5, 5.41) is 11.6. The number of hydrogen-bond donors (Lipinski definition) is 2. The number of amides is 1. The summed E-state index contributed by atoms with van der Waals surface area (Å²) < 4.78 is 5.05. The average Bonchev–Trinajstić information content (AvgIpc) is 2.62. The Hall–Kier alpha value is -1.14. The molecule has 16 heavy (non-hydrogen) atoms. The molecule has 0 aromatic heterocycles. The first kappa shape index (κ1) is 12.9. The number of carboxylic acids is 1. The van der Waals surface area contributed by atoms with E-state index in [4.69, 9.17) is 9.84 Å². The highest BCUT2D eigenvalue weighted by molar-refractivity contribution is 5.78. The summed E-state index contributed by atoms with van der Waals surface area (Å²) in [7, 11) is 3.76. The van der Waals surface area contributed by atoms with E-state index in [0.29, 0.717) is 13.0 Å². The highest BCUT2D eigenvalue weighted by Gasteiger charge is 2.34. The van der Waals surface area contributed by atoms with Crippen molar-refractivity contribution in [3.05, 3.63) is 0 Å². The molecule has 0 spiro atoms. The zero-order valence-electron chi connectivity index (χ0n) is 9.60. The van der Waals surface area contributed by atoms with Crippen LogP contribution < -0.4 is 5.32 Å². The van der Waals surface area contributed by atoms with Crippen molar-refractivity contribution in [1.82, 2.24) is 10.2 Å². The van der Waals surface area contributed by atoms with Crippen LogP contribution in [0, 0.1) is 5.92 Å². The molecule has 0 bridgehead atoms. The molecule has 0 aromatic rings. The Balaban J connectivity index is 2.35. The van der Waals surface area contributed by atoms with Gasteiger partial charge in [0.15, 0.2) is 0 Å². The number of hydrogen-bond acceptors (Lipinski definition) is 4. The molecule has 1 amide bonds. The molecule has 0 aromatic carbocycles. The maximum atomic E-state index is 11.5. The first-order chi connectivity index (χ1) is 7.50. The third-order valence-electron chi connectivity index (χ3n) is 2.53. The van der Waals surface area contributed by atoms with Crippen molar-refractivity contribution in [3.8, 4) is 0 Å². The molecule has 2 unspecified atom stereocenters. The molecule has 6 heteroatoms. The monoisotopic (exact) mass is 230 g/mol. The van der Waals surface area contributed by atoms with Gasteiger partial charge in [-0.25, -0.2) is 0 Å². The fourth-order valence-corrected chi connectivity index (χ4v) is 1.54. The van der Waals surface area contributed by atoms with Crippen LogP contribution in [0.25, 0.3) is 0 Å². The molecule has 1 saturated heterocycles. The minimum absolute atomic E-state index is 0.129. The van der Waals surface area contributed by atoms with Crippen molar-refractivity contribution < 1.29 is 19.4 Å². The molecule has 92 valence electrons. The van der Waals surface area contributed by atoms with Crippen molar-refractivity contribution in [3.63, 3.8) is 0 Å². The fourth-order valence-electron chi connectivity index (χ4n) is 1.54. The van der Waals surface area contributed by atoms with E-state index >= 15 is 0 Å². The van der Waals surface area contributed by atoms with Gasteiger partial charge >= 0.3 is 5.97 Å². The van der Waals surface area contributed by atoms with Gasteiger partial charge in [0.25, 0.3) is 0 Å². The van der Waals surface area contributed by atoms with Gasteiger partial charge in [-0.1, -0.05) is 0 Å². The van der Waals surface area contributed by atoms with Gasteiger partial charge in [-0.2, -0.15) is 0 Å². The number of aliphatic carboxylic acids is 1. The van der Waals surface area contributed by atoms with E-state index in [1.54, 1.807) is 0 Å². The van der Waals surface area contributed by atoms with Gasteiger partial charge in [-0.3, -0.25) is 9.59 Å². The average molecular weight is 230 g/mol. The molecule has 1 fully saturated rings. The van der Waals surface area contributed by atoms with Crippen LogP contribution in [-0.2, 0) is 14.3 Å². The number of nitrogens with zero attached hydrogens (tertiary/aromatic N) is 1. The lowest BCUT2D eigenvalue weighted by molar-refractivity contribution is -0.142. The van der Waals surface area contributed by atoms with Crippen LogP contribution in [-0.4, -0.2) is 61.8 Å². The minimum atomic E-state index is -0.921. The Labute approximate surface area is 94.6 Å². The van der Waals surface area contributed by atoms with Gasteiger partial charge in [0.05, 0.1) is 19.3 Å². The van der Waals surface area contributed by atoms with Gasteiger partial charge in [0.1, 0.15) is 5.92 Å². The third-order valence-corrected chi connectivity index (χ3v) is 2.53. The Morgan fingerprint density at radius 1 is 1.44 bits per heavy atom. The summed E-state index contributed by atoms with van der Waals surface area (Å²) in [5.74, 6) is -1.67. The fraction of sp³-hybridized carbons (Fsp3) is 0.800. The smallest absolute Gasteiger partial charge is 0.311 e. The van der Waals surface area contributed by atoms with Crippen LogP contribution in [0.1, 0.15) is 6.42 Å². The van der Waals surface area contributed by atoms with E-state index in [9.17, 15) is 9.59 Å². The van der Waals surface area contributed by atoms with Crippen LogP contribution in [0.15, 0.2) is 0 Å². The van der Waals surface area contributed by atoms with Crippen LogP contribution in [0.3, 0.4) is 0 Å². The maximum Gasteiger partial charge on any atom is 0.311 e. The first-order valence-electron chi connectivity index (χ1n) is 5.25. The Morgan fingerprint density at radius 3 is 2.69 bits per heavy atom. The second-order valence-corrected chi connectivity index (χ2v) is 4.21. The topological polar surface area (TPSA) is 78.9 Å². The third kappa shape index (κ3) is 3.79. The SMILES string of the molecule is CN(C)CCC(=O)NC1COCC1C(=O)O. The number of nitrogens with one attached hydrogen (secondary N) is 1. The van der Waals surface area contributed by atoms with Crippen molar-refractivity contribution in [1.29, 1.82) is 0 Å². The minimum Gasteiger partial charge on any atom is -0.481 e. The summed E-state index contributed by atoms with van der Waals surface area (Å²) in [6.45, 7) is 1.11.